The van der Waals surface area contributed by atoms with E-state index in [2.05, 4.69) is 22.5 Å². The van der Waals surface area contributed by atoms with Crippen molar-refractivity contribution in [3.63, 3.8) is 0 Å². The third kappa shape index (κ3) is 1.40. The molecule has 1 aliphatic heterocycles. The largest absolute Gasteiger partial charge is 0.454 e. The van der Waals surface area contributed by atoms with Crippen LogP contribution in [0.5, 0.6) is 11.5 Å². The van der Waals surface area contributed by atoms with Crippen LogP contribution in [-0.2, 0) is 0 Å². The Labute approximate surface area is 90.1 Å². The molecule has 4 heteroatoms. The van der Waals surface area contributed by atoms with E-state index in [9.17, 15) is 5.11 Å². The Balaban J connectivity index is 2.56. The first-order chi connectivity index (χ1) is 6.74. The monoisotopic (exact) mass is 256 g/mol. The summed E-state index contributed by atoms with van der Waals surface area (Å²) in [5.74, 6) is 1.25. The van der Waals surface area contributed by atoms with Gasteiger partial charge in [0.1, 0.15) is 6.10 Å². The number of aliphatic hydroxyl groups is 1. The lowest BCUT2D eigenvalue weighted by Crippen LogP contribution is -1.98. The first kappa shape index (κ1) is 9.55. The minimum atomic E-state index is -0.749. The van der Waals surface area contributed by atoms with Crippen LogP contribution in [0.2, 0.25) is 0 Å². The average molecular weight is 257 g/mol. The van der Waals surface area contributed by atoms with Crippen molar-refractivity contribution in [1.29, 1.82) is 0 Å². The molecule has 0 bridgehead atoms. The van der Waals surface area contributed by atoms with E-state index in [0.29, 0.717) is 17.1 Å². The van der Waals surface area contributed by atoms with E-state index < -0.39 is 6.10 Å². The maximum atomic E-state index is 9.69. The van der Waals surface area contributed by atoms with Gasteiger partial charge in [-0.25, -0.2) is 0 Å². The summed E-state index contributed by atoms with van der Waals surface area (Å²) in [6, 6.07) is 3.61. The fraction of sp³-hybridized carbons (Fsp3) is 0.200. The zero-order valence-corrected chi connectivity index (χ0v) is 8.95. The standard InChI is InChI=1S/C10H9BrO3/c1-2-7(12)9-6(11)3-4-8-10(9)14-5-13-8/h2-4,7,12H,1,5H2. The van der Waals surface area contributed by atoms with Gasteiger partial charge in [-0.15, -0.1) is 6.58 Å². The van der Waals surface area contributed by atoms with Gasteiger partial charge < -0.3 is 14.6 Å². The lowest BCUT2D eigenvalue weighted by Gasteiger charge is -2.11. The van der Waals surface area contributed by atoms with Crippen LogP contribution in [-0.4, -0.2) is 11.9 Å². The maximum Gasteiger partial charge on any atom is 0.231 e. The summed E-state index contributed by atoms with van der Waals surface area (Å²) in [6.07, 6.45) is 0.697. The minimum Gasteiger partial charge on any atom is -0.454 e. The SMILES string of the molecule is C=CC(O)c1c(Br)ccc2c1OCO2. The fourth-order valence-electron chi connectivity index (χ4n) is 1.36. The summed E-state index contributed by atoms with van der Waals surface area (Å²) >= 11 is 3.35. The Kier molecular flexibility index (Phi) is 2.48. The molecule has 1 N–H and O–H groups in total. The highest BCUT2D eigenvalue weighted by Crippen LogP contribution is 2.42. The molecule has 0 saturated heterocycles. The molecule has 1 atom stereocenters. The van der Waals surface area contributed by atoms with E-state index in [1.54, 1.807) is 6.07 Å². The Morgan fingerprint density at radius 2 is 2.29 bits per heavy atom. The molecule has 0 aromatic heterocycles. The zero-order chi connectivity index (χ0) is 10.1. The third-order valence-corrected chi connectivity index (χ3v) is 2.73. The van der Waals surface area contributed by atoms with Crippen LogP contribution in [0.15, 0.2) is 29.3 Å². The molecule has 0 radical (unpaired) electrons. The van der Waals surface area contributed by atoms with Gasteiger partial charge in [0.15, 0.2) is 11.5 Å². The second-order valence-electron chi connectivity index (χ2n) is 2.88. The van der Waals surface area contributed by atoms with E-state index in [0.717, 1.165) is 4.47 Å². The zero-order valence-electron chi connectivity index (χ0n) is 7.37. The van der Waals surface area contributed by atoms with Gasteiger partial charge in [0.25, 0.3) is 0 Å². The highest BCUT2D eigenvalue weighted by Gasteiger charge is 2.23. The number of aliphatic hydroxyl groups excluding tert-OH is 1. The molecule has 74 valence electrons. The predicted molar refractivity (Wildman–Crippen MR) is 55.4 cm³/mol. The quantitative estimate of drug-likeness (QED) is 0.827. The number of ether oxygens (including phenoxy) is 2. The molecule has 1 aromatic rings. The van der Waals surface area contributed by atoms with E-state index in [1.807, 2.05) is 6.07 Å². The molecule has 0 fully saturated rings. The second-order valence-corrected chi connectivity index (χ2v) is 3.73. The number of fused-ring (bicyclic) bond motifs is 1. The third-order valence-electron chi connectivity index (χ3n) is 2.04. The first-order valence-electron chi connectivity index (χ1n) is 4.12. The van der Waals surface area contributed by atoms with Crippen molar-refractivity contribution in [3.8, 4) is 11.5 Å². The van der Waals surface area contributed by atoms with Crippen molar-refractivity contribution in [2.24, 2.45) is 0 Å². The summed E-state index contributed by atoms with van der Waals surface area (Å²) in [5, 5.41) is 9.69. The van der Waals surface area contributed by atoms with Gasteiger partial charge >= 0.3 is 0 Å². The lowest BCUT2D eigenvalue weighted by atomic mass is 10.1. The van der Waals surface area contributed by atoms with Crippen molar-refractivity contribution in [3.05, 3.63) is 34.8 Å². The van der Waals surface area contributed by atoms with Gasteiger partial charge in [-0.2, -0.15) is 0 Å². The van der Waals surface area contributed by atoms with E-state index in [-0.39, 0.29) is 6.79 Å². The Morgan fingerprint density at radius 3 is 3.00 bits per heavy atom. The molecule has 2 rings (SSSR count). The molecular formula is C10H9BrO3. The summed E-state index contributed by atoms with van der Waals surface area (Å²) in [5.41, 5.74) is 0.662. The molecule has 0 spiro atoms. The Hall–Kier alpha value is -1.00. The maximum absolute atomic E-state index is 9.69. The van der Waals surface area contributed by atoms with Gasteiger partial charge in [-0.1, -0.05) is 22.0 Å². The van der Waals surface area contributed by atoms with E-state index in [1.165, 1.54) is 6.08 Å². The summed E-state index contributed by atoms with van der Waals surface area (Å²) in [6.45, 7) is 3.73. The molecule has 0 saturated carbocycles. The number of hydrogen-bond acceptors (Lipinski definition) is 3. The first-order valence-corrected chi connectivity index (χ1v) is 4.92. The topological polar surface area (TPSA) is 38.7 Å². The molecule has 14 heavy (non-hydrogen) atoms. The highest BCUT2D eigenvalue weighted by molar-refractivity contribution is 9.10. The number of halogens is 1. The van der Waals surface area contributed by atoms with Crippen molar-refractivity contribution in [2.45, 2.75) is 6.10 Å². The molecule has 1 heterocycles. The molecule has 1 aliphatic rings. The molecule has 3 nitrogen and oxygen atoms in total. The van der Waals surface area contributed by atoms with Crippen LogP contribution in [0.4, 0.5) is 0 Å². The van der Waals surface area contributed by atoms with Crippen molar-refractivity contribution >= 4 is 15.9 Å². The average Bonchev–Trinajstić information content (AvgIpc) is 2.64. The van der Waals surface area contributed by atoms with Crippen LogP contribution in [0.1, 0.15) is 11.7 Å². The van der Waals surface area contributed by atoms with Crippen LogP contribution in [0, 0.1) is 0 Å². The Bertz CT molecular complexity index is 376. The molecule has 0 aliphatic carbocycles. The van der Waals surface area contributed by atoms with Gasteiger partial charge in [-0.05, 0) is 12.1 Å². The van der Waals surface area contributed by atoms with Gasteiger partial charge in [-0.3, -0.25) is 0 Å². The lowest BCUT2D eigenvalue weighted by molar-refractivity contribution is 0.168. The van der Waals surface area contributed by atoms with E-state index >= 15 is 0 Å². The normalized spacial score (nSPS) is 15.3. The number of benzene rings is 1. The predicted octanol–water partition coefficient (Wildman–Crippen LogP) is 2.40. The summed E-state index contributed by atoms with van der Waals surface area (Å²) < 4.78 is 11.3. The van der Waals surface area contributed by atoms with Gasteiger partial charge in [0.05, 0.1) is 0 Å². The molecule has 0 amide bonds. The smallest absolute Gasteiger partial charge is 0.231 e. The number of hydrogen-bond donors (Lipinski definition) is 1. The summed E-state index contributed by atoms with van der Waals surface area (Å²) in [7, 11) is 0. The highest BCUT2D eigenvalue weighted by atomic mass is 79.9. The van der Waals surface area contributed by atoms with Crippen molar-refractivity contribution < 1.29 is 14.6 Å². The fourth-order valence-corrected chi connectivity index (χ4v) is 1.91. The van der Waals surface area contributed by atoms with Crippen molar-refractivity contribution in [2.75, 3.05) is 6.79 Å². The van der Waals surface area contributed by atoms with Crippen LogP contribution in [0.25, 0.3) is 0 Å². The van der Waals surface area contributed by atoms with Gasteiger partial charge in [0.2, 0.25) is 6.79 Å². The molecular weight excluding hydrogens is 248 g/mol. The van der Waals surface area contributed by atoms with E-state index in [4.69, 9.17) is 9.47 Å². The molecule has 1 aromatic carbocycles. The van der Waals surface area contributed by atoms with Crippen LogP contribution in [0.3, 0.4) is 0 Å². The minimum absolute atomic E-state index is 0.197. The van der Waals surface area contributed by atoms with Crippen LogP contribution >= 0.6 is 15.9 Å². The molecule has 1 unspecified atom stereocenters. The Morgan fingerprint density at radius 1 is 1.50 bits per heavy atom. The van der Waals surface area contributed by atoms with Gasteiger partial charge in [0, 0.05) is 10.0 Å². The summed E-state index contributed by atoms with van der Waals surface area (Å²) in [4.78, 5) is 0. The number of rotatable bonds is 2. The van der Waals surface area contributed by atoms with Crippen LogP contribution < -0.4 is 9.47 Å². The van der Waals surface area contributed by atoms with Crippen molar-refractivity contribution in [1.82, 2.24) is 0 Å². The second kappa shape index (κ2) is 3.63.